The Balaban J connectivity index is 2.11. The van der Waals surface area contributed by atoms with E-state index in [4.69, 9.17) is 5.11 Å². The molecule has 0 bridgehead atoms. The van der Waals surface area contributed by atoms with E-state index in [2.05, 4.69) is 0 Å². The number of aliphatic hydroxyl groups excluding tert-OH is 2. The maximum absolute atomic E-state index is 13.1. The Hall–Kier alpha value is -2.25. The highest BCUT2D eigenvalue weighted by molar-refractivity contribution is 5.79. The Labute approximate surface area is 164 Å². The minimum Gasteiger partial charge on any atom is -0.481 e. The Bertz CT molecular complexity index is 703. The maximum atomic E-state index is 13.1. The van der Waals surface area contributed by atoms with E-state index in [9.17, 15) is 24.2 Å². The fourth-order valence-corrected chi connectivity index (χ4v) is 3.58. The number of hydrogen-bond acceptors (Lipinski definition) is 4. The molecular formula is C21H28FNO5. The number of aliphatic hydroxyl groups is 2. The van der Waals surface area contributed by atoms with E-state index in [1.807, 2.05) is 13.8 Å². The summed E-state index contributed by atoms with van der Waals surface area (Å²) in [5, 5.41) is 28.5. The molecule has 1 saturated heterocycles. The average molecular weight is 393 g/mol. The van der Waals surface area contributed by atoms with Gasteiger partial charge in [0.25, 0.3) is 0 Å². The monoisotopic (exact) mass is 393 g/mol. The molecule has 1 aliphatic heterocycles. The molecule has 2 rings (SSSR count). The van der Waals surface area contributed by atoms with Crippen LogP contribution in [0.3, 0.4) is 0 Å². The van der Waals surface area contributed by atoms with Gasteiger partial charge in [0.1, 0.15) is 5.82 Å². The van der Waals surface area contributed by atoms with Crippen LogP contribution in [0.5, 0.6) is 0 Å². The van der Waals surface area contributed by atoms with Crippen molar-refractivity contribution in [3.8, 4) is 0 Å². The van der Waals surface area contributed by atoms with Gasteiger partial charge in [-0.1, -0.05) is 38.1 Å². The van der Waals surface area contributed by atoms with Crippen LogP contribution >= 0.6 is 0 Å². The summed E-state index contributed by atoms with van der Waals surface area (Å²) in [6.07, 6.45) is 1.000. The van der Waals surface area contributed by atoms with Crippen molar-refractivity contribution in [1.82, 2.24) is 4.90 Å². The number of likely N-dealkylation sites (tertiary alicyclic amines) is 1. The maximum Gasteiger partial charge on any atom is 0.305 e. The van der Waals surface area contributed by atoms with E-state index in [1.54, 1.807) is 23.1 Å². The first kappa shape index (κ1) is 22.0. The number of amides is 1. The predicted octanol–water partition coefficient (Wildman–Crippen LogP) is 2.34. The molecule has 1 aromatic rings. The van der Waals surface area contributed by atoms with Gasteiger partial charge < -0.3 is 20.2 Å². The standard InChI is InChI=1S/C21H28FNO5/c1-13(2)18-11-20(26)23(12-14-3-5-15(22)6-4-14)19(18)8-7-16(24)9-17(25)10-21(27)28/h3-8,13,16-19,24-25H,9-12H2,1-2H3,(H,27,28)/b8-7+/t16-,17-,18?,19?/m1/s1. The Kier molecular flexibility index (Phi) is 7.71. The first-order valence-electron chi connectivity index (χ1n) is 9.47. The fourth-order valence-electron chi connectivity index (χ4n) is 3.58. The summed E-state index contributed by atoms with van der Waals surface area (Å²) >= 11 is 0. The minimum absolute atomic E-state index is 0.00178. The molecule has 1 aromatic carbocycles. The lowest BCUT2D eigenvalue weighted by atomic mass is 9.88. The van der Waals surface area contributed by atoms with Gasteiger partial charge in [-0.15, -0.1) is 0 Å². The number of nitrogens with zero attached hydrogens (tertiary/aromatic N) is 1. The van der Waals surface area contributed by atoms with Gasteiger partial charge in [-0.05, 0) is 29.5 Å². The van der Waals surface area contributed by atoms with Gasteiger partial charge in [-0.2, -0.15) is 0 Å². The van der Waals surface area contributed by atoms with Crippen LogP contribution in [0.2, 0.25) is 0 Å². The molecule has 0 spiro atoms. The van der Waals surface area contributed by atoms with Crippen LogP contribution in [0.15, 0.2) is 36.4 Å². The van der Waals surface area contributed by atoms with Crippen LogP contribution < -0.4 is 0 Å². The largest absolute Gasteiger partial charge is 0.481 e. The Morgan fingerprint density at radius 2 is 1.93 bits per heavy atom. The molecule has 0 aliphatic carbocycles. The molecule has 7 heteroatoms. The van der Waals surface area contributed by atoms with Crippen LogP contribution in [0.25, 0.3) is 0 Å². The second kappa shape index (κ2) is 9.80. The van der Waals surface area contributed by atoms with Crippen LogP contribution in [-0.2, 0) is 16.1 Å². The molecular weight excluding hydrogens is 365 g/mol. The van der Waals surface area contributed by atoms with Crippen molar-refractivity contribution in [2.24, 2.45) is 11.8 Å². The molecule has 0 radical (unpaired) electrons. The van der Waals surface area contributed by atoms with E-state index in [0.717, 1.165) is 5.56 Å². The first-order chi connectivity index (χ1) is 13.2. The minimum atomic E-state index is -1.14. The summed E-state index contributed by atoms with van der Waals surface area (Å²) in [5.74, 6) is -1.16. The van der Waals surface area contributed by atoms with Crippen molar-refractivity contribution in [3.63, 3.8) is 0 Å². The van der Waals surface area contributed by atoms with E-state index in [1.165, 1.54) is 18.2 Å². The van der Waals surface area contributed by atoms with Gasteiger partial charge in [0, 0.05) is 19.4 Å². The molecule has 1 amide bonds. The van der Waals surface area contributed by atoms with Crippen LogP contribution in [0, 0.1) is 17.7 Å². The van der Waals surface area contributed by atoms with Gasteiger partial charge in [0.05, 0.1) is 24.7 Å². The second-order valence-electron chi connectivity index (χ2n) is 7.69. The van der Waals surface area contributed by atoms with Crippen molar-refractivity contribution in [2.75, 3.05) is 0 Å². The van der Waals surface area contributed by atoms with Crippen molar-refractivity contribution in [1.29, 1.82) is 0 Å². The molecule has 0 saturated carbocycles. The molecule has 154 valence electrons. The third-order valence-electron chi connectivity index (χ3n) is 5.11. The van der Waals surface area contributed by atoms with Gasteiger partial charge in [-0.25, -0.2) is 4.39 Å². The average Bonchev–Trinajstić information content (AvgIpc) is 2.90. The summed E-state index contributed by atoms with van der Waals surface area (Å²) < 4.78 is 13.1. The number of rotatable bonds is 9. The van der Waals surface area contributed by atoms with E-state index in [0.29, 0.717) is 13.0 Å². The normalized spacial score (nSPS) is 22.2. The zero-order valence-corrected chi connectivity index (χ0v) is 16.2. The molecule has 4 atom stereocenters. The molecule has 1 fully saturated rings. The van der Waals surface area contributed by atoms with E-state index in [-0.39, 0.29) is 36.0 Å². The number of carboxylic acid groups (broad SMARTS) is 1. The zero-order chi connectivity index (χ0) is 20.8. The number of carbonyl (C=O) groups is 2. The van der Waals surface area contributed by atoms with E-state index < -0.39 is 24.6 Å². The summed E-state index contributed by atoms with van der Waals surface area (Å²) in [4.78, 5) is 24.9. The molecule has 1 aliphatic rings. The lowest BCUT2D eigenvalue weighted by molar-refractivity contribution is -0.139. The molecule has 6 nitrogen and oxygen atoms in total. The summed E-state index contributed by atoms with van der Waals surface area (Å²) in [6.45, 7) is 4.41. The van der Waals surface area contributed by atoms with Crippen molar-refractivity contribution in [3.05, 3.63) is 47.8 Å². The smallest absolute Gasteiger partial charge is 0.305 e. The summed E-state index contributed by atoms with van der Waals surface area (Å²) in [6, 6.07) is 5.76. The van der Waals surface area contributed by atoms with Gasteiger partial charge in [-0.3, -0.25) is 9.59 Å². The molecule has 0 aromatic heterocycles. The Morgan fingerprint density at radius 3 is 2.50 bits per heavy atom. The first-order valence-corrected chi connectivity index (χ1v) is 9.47. The number of carboxylic acids is 1. The van der Waals surface area contributed by atoms with Crippen molar-refractivity contribution >= 4 is 11.9 Å². The molecule has 1 heterocycles. The predicted molar refractivity (Wildman–Crippen MR) is 102 cm³/mol. The number of carbonyl (C=O) groups excluding carboxylic acids is 1. The quantitative estimate of drug-likeness (QED) is 0.560. The highest BCUT2D eigenvalue weighted by atomic mass is 19.1. The topological polar surface area (TPSA) is 98.1 Å². The van der Waals surface area contributed by atoms with Crippen LogP contribution in [0.4, 0.5) is 4.39 Å². The summed E-state index contributed by atoms with van der Waals surface area (Å²) in [7, 11) is 0. The van der Waals surface area contributed by atoms with Crippen molar-refractivity contribution < 1.29 is 29.3 Å². The van der Waals surface area contributed by atoms with Crippen LogP contribution in [0.1, 0.15) is 38.7 Å². The van der Waals surface area contributed by atoms with Gasteiger partial charge in [0.2, 0.25) is 5.91 Å². The third-order valence-corrected chi connectivity index (χ3v) is 5.11. The third kappa shape index (κ3) is 6.14. The highest BCUT2D eigenvalue weighted by Crippen LogP contribution is 2.33. The number of benzene rings is 1. The molecule has 2 unspecified atom stereocenters. The van der Waals surface area contributed by atoms with Crippen molar-refractivity contribution in [2.45, 2.75) is 57.9 Å². The zero-order valence-electron chi connectivity index (χ0n) is 16.2. The summed E-state index contributed by atoms with van der Waals surface area (Å²) in [5.41, 5.74) is 0.815. The number of halogens is 1. The molecule has 3 N–H and O–H groups in total. The number of aliphatic carboxylic acids is 1. The Morgan fingerprint density at radius 1 is 1.29 bits per heavy atom. The SMILES string of the molecule is CC(C)C1CC(=O)N(Cc2ccc(F)cc2)C1/C=C/[C@@H](O)C[C@@H](O)CC(=O)O. The molecule has 28 heavy (non-hydrogen) atoms. The second-order valence-corrected chi connectivity index (χ2v) is 7.69. The van der Waals surface area contributed by atoms with Crippen LogP contribution in [-0.4, -0.2) is 50.3 Å². The highest BCUT2D eigenvalue weighted by Gasteiger charge is 2.39. The lowest BCUT2D eigenvalue weighted by Gasteiger charge is -2.28. The van der Waals surface area contributed by atoms with Gasteiger partial charge in [0.15, 0.2) is 0 Å². The number of hydrogen-bond donors (Lipinski definition) is 3. The van der Waals surface area contributed by atoms with Gasteiger partial charge >= 0.3 is 5.97 Å². The fraction of sp³-hybridized carbons (Fsp3) is 0.524. The van der Waals surface area contributed by atoms with E-state index >= 15 is 0 Å². The lowest BCUT2D eigenvalue weighted by Crippen LogP contribution is -2.35.